The van der Waals surface area contributed by atoms with E-state index in [0.717, 1.165) is 21.2 Å². The second-order valence-corrected chi connectivity index (χ2v) is 16.3. The van der Waals surface area contributed by atoms with Crippen molar-refractivity contribution in [2.24, 2.45) is 0 Å². The molecule has 6 aromatic carbocycles. The predicted molar refractivity (Wildman–Crippen MR) is 193 cm³/mol. The van der Waals surface area contributed by atoms with Crippen molar-refractivity contribution in [3.8, 4) is 11.5 Å². The van der Waals surface area contributed by atoms with E-state index in [1.165, 1.54) is 0 Å². The molecule has 0 atom stereocenters. The standard InChI is InChI=1S/C40H36O5P2/c41-46(33-17-5-1-6-18-33,34-19-7-2-8-20-34)39-27-15-13-25-37(39)44-31-29-43-30-32-45-38-26-14-16-28-40(38)47(42,35-21-9-3-10-22-35)36-23-11-4-12-24-36/h1-28H,29-32H2. The van der Waals surface area contributed by atoms with Crippen LogP contribution < -0.4 is 41.3 Å². The summed E-state index contributed by atoms with van der Waals surface area (Å²) in [6.45, 7) is 1.17. The van der Waals surface area contributed by atoms with Gasteiger partial charge in [0.15, 0.2) is 14.3 Å². The Bertz CT molecular complexity index is 1740. The van der Waals surface area contributed by atoms with Gasteiger partial charge in [0, 0.05) is 21.2 Å². The van der Waals surface area contributed by atoms with Gasteiger partial charge in [-0.3, -0.25) is 0 Å². The number of benzene rings is 6. The van der Waals surface area contributed by atoms with Crippen LogP contribution in [-0.4, -0.2) is 26.4 Å². The highest BCUT2D eigenvalue weighted by atomic mass is 31.2. The van der Waals surface area contributed by atoms with E-state index in [-0.39, 0.29) is 13.2 Å². The summed E-state index contributed by atoms with van der Waals surface area (Å²) >= 11 is 0. The summed E-state index contributed by atoms with van der Waals surface area (Å²) in [5.41, 5.74) is 0. The molecule has 0 radical (unpaired) electrons. The maximum atomic E-state index is 14.9. The Labute approximate surface area is 276 Å². The molecule has 0 amide bonds. The molecule has 0 heterocycles. The van der Waals surface area contributed by atoms with Gasteiger partial charge in [-0.1, -0.05) is 146 Å². The maximum absolute atomic E-state index is 14.9. The molecule has 0 spiro atoms. The van der Waals surface area contributed by atoms with Crippen LogP contribution in [0.15, 0.2) is 170 Å². The third kappa shape index (κ3) is 7.04. The number of ether oxygens (including phenoxy) is 3. The summed E-state index contributed by atoms with van der Waals surface area (Å²) in [6, 6.07) is 53.2. The molecular formula is C40H36O5P2. The van der Waals surface area contributed by atoms with Crippen molar-refractivity contribution in [1.29, 1.82) is 0 Å². The van der Waals surface area contributed by atoms with Gasteiger partial charge in [0.1, 0.15) is 24.7 Å². The van der Waals surface area contributed by atoms with E-state index < -0.39 is 14.3 Å². The van der Waals surface area contributed by atoms with Crippen LogP contribution in [0.3, 0.4) is 0 Å². The Balaban J connectivity index is 1.11. The molecule has 0 unspecified atom stereocenters. The maximum Gasteiger partial charge on any atom is 0.174 e. The van der Waals surface area contributed by atoms with Crippen molar-refractivity contribution >= 4 is 46.1 Å². The Morgan fingerprint density at radius 1 is 0.340 bits per heavy atom. The van der Waals surface area contributed by atoms with Gasteiger partial charge in [0.25, 0.3) is 0 Å². The second-order valence-electron chi connectivity index (χ2n) is 10.8. The lowest BCUT2D eigenvalue weighted by atomic mass is 10.3. The molecular weight excluding hydrogens is 622 g/mol. The minimum absolute atomic E-state index is 0.272. The van der Waals surface area contributed by atoms with Gasteiger partial charge < -0.3 is 23.3 Å². The van der Waals surface area contributed by atoms with Crippen molar-refractivity contribution in [2.45, 2.75) is 0 Å². The Hall–Kier alpha value is -4.66. The van der Waals surface area contributed by atoms with E-state index in [4.69, 9.17) is 14.2 Å². The van der Waals surface area contributed by atoms with Crippen molar-refractivity contribution in [3.63, 3.8) is 0 Å². The summed E-state index contributed by atoms with van der Waals surface area (Å²) in [7, 11) is -6.37. The van der Waals surface area contributed by atoms with E-state index in [2.05, 4.69) is 0 Å². The van der Waals surface area contributed by atoms with Crippen LogP contribution in [-0.2, 0) is 13.9 Å². The SMILES string of the molecule is O=P(c1ccccc1)(c1ccccc1)c1ccccc1OCCOCCOc1ccccc1P(=O)(c1ccccc1)c1ccccc1. The third-order valence-corrected chi connectivity index (χ3v) is 14.1. The summed E-state index contributed by atoms with van der Waals surface area (Å²) in [4.78, 5) is 0. The minimum Gasteiger partial charge on any atom is -0.490 e. The smallest absolute Gasteiger partial charge is 0.174 e. The van der Waals surface area contributed by atoms with Crippen LogP contribution >= 0.6 is 14.3 Å². The highest BCUT2D eigenvalue weighted by Gasteiger charge is 2.33. The normalized spacial score (nSPS) is 11.6. The van der Waals surface area contributed by atoms with Gasteiger partial charge in [-0.25, -0.2) is 0 Å². The zero-order valence-corrected chi connectivity index (χ0v) is 27.7. The molecule has 236 valence electrons. The van der Waals surface area contributed by atoms with Crippen molar-refractivity contribution in [3.05, 3.63) is 170 Å². The lowest BCUT2D eigenvalue weighted by molar-refractivity contribution is 0.0769. The van der Waals surface area contributed by atoms with Gasteiger partial charge in [-0.2, -0.15) is 0 Å². The predicted octanol–water partition coefficient (Wildman–Crippen LogP) is 6.44. The first-order valence-corrected chi connectivity index (χ1v) is 19.0. The van der Waals surface area contributed by atoms with Crippen LogP contribution in [0.5, 0.6) is 11.5 Å². The number of hydrogen-bond donors (Lipinski definition) is 0. The number of rotatable bonds is 14. The molecule has 5 nitrogen and oxygen atoms in total. The largest absolute Gasteiger partial charge is 0.490 e. The summed E-state index contributed by atoms with van der Waals surface area (Å²) in [5, 5.41) is 4.30. The number of para-hydroxylation sites is 2. The molecule has 0 saturated carbocycles. The van der Waals surface area contributed by atoms with Gasteiger partial charge in [0.05, 0.1) is 23.8 Å². The quantitative estimate of drug-likeness (QED) is 0.0997. The van der Waals surface area contributed by atoms with Gasteiger partial charge in [-0.15, -0.1) is 0 Å². The average Bonchev–Trinajstić information content (AvgIpc) is 3.15. The lowest BCUT2D eigenvalue weighted by Crippen LogP contribution is -2.27. The van der Waals surface area contributed by atoms with E-state index in [1.807, 2.05) is 170 Å². The molecule has 0 aromatic heterocycles. The molecule has 7 heteroatoms. The van der Waals surface area contributed by atoms with Crippen LogP contribution in [0.1, 0.15) is 0 Å². The van der Waals surface area contributed by atoms with Crippen LogP contribution in [0, 0.1) is 0 Å². The van der Waals surface area contributed by atoms with Crippen LogP contribution in [0.4, 0.5) is 0 Å². The van der Waals surface area contributed by atoms with E-state index in [1.54, 1.807) is 0 Å². The third-order valence-electron chi connectivity index (χ3n) is 7.86. The first-order chi connectivity index (χ1) is 23.1. The zero-order valence-electron chi connectivity index (χ0n) is 25.9. The number of hydrogen-bond acceptors (Lipinski definition) is 5. The van der Waals surface area contributed by atoms with E-state index >= 15 is 0 Å². The molecule has 6 rings (SSSR count). The van der Waals surface area contributed by atoms with E-state index in [9.17, 15) is 9.13 Å². The molecule has 47 heavy (non-hydrogen) atoms. The molecule has 0 fully saturated rings. The van der Waals surface area contributed by atoms with Crippen LogP contribution in [0.25, 0.3) is 0 Å². The second kappa shape index (κ2) is 15.3. The Kier molecular flexibility index (Phi) is 10.5. The molecule has 0 aliphatic heterocycles. The van der Waals surface area contributed by atoms with Crippen LogP contribution in [0.2, 0.25) is 0 Å². The first-order valence-electron chi connectivity index (χ1n) is 15.6. The summed E-state index contributed by atoms with van der Waals surface area (Å²) < 4.78 is 48.0. The van der Waals surface area contributed by atoms with Crippen molar-refractivity contribution < 1.29 is 23.3 Å². The molecule has 6 aromatic rings. The fourth-order valence-corrected chi connectivity index (χ4v) is 11.2. The fraction of sp³-hybridized carbons (Fsp3) is 0.100. The van der Waals surface area contributed by atoms with Crippen molar-refractivity contribution in [2.75, 3.05) is 26.4 Å². The zero-order chi connectivity index (χ0) is 32.4. The summed E-state index contributed by atoms with van der Waals surface area (Å²) in [6.07, 6.45) is 0. The van der Waals surface area contributed by atoms with Gasteiger partial charge in [0.2, 0.25) is 0 Å². The first kappa shape index (κ1) is 32.3. The molecule has 0 bridgehead atoms. The Morgan fingerprint density at radius 2 is 0.617 bits per heavy atom. The van der Waals surface area contributed by atoms with E-state index in [0.29, 0.717) is 35.3 Å². The highest BCUT2D eigenvalue weighted by molar-refractivity contribution is 7.86. The molecule has 0 aliphatic carbocycles. The Morgan fingerprint density at radius 3 is 0.936 bits per heavy atom. The molecule has 0 N–H and O–H groups in total. The fourth-order valence-electron chi connectivity index (χ4n) is 5.61. The molecule has 0 aliphatic rings. The van der Waals surface area contributed by atoms with Gasteiger partial charge >= 0.3 is 0 Å². The van der Waals surface area contributed by atoms with Crippen molar-refractivity contribution in [1.82, 2.24) is 0 Å². The monoisotopic (exact) mass is 658 g/mol. The summed E-state index contributed by atoms with van der Waals surface area (Å²) in [5.74, 6) is 1.13. The topological polar surface area (TPSA) is 61.8 Å². The molecule has 0 saturated heterocycles. The minimum atomic E-state index is -3.19. The average molecular weight is 659 g/mol. The lowest BCUT2D eigenvalue weighted by Gasteiger charge is -2.23. The highest BCUT2D eigenvalue weighted by Crippen LogP contribution is 2.46. The van der Waals surface area contributed by atoms with Gasteiger partial charge in [-0.05, 0) is 24.3 Å².